The zero-order chi connectivity index (χ0) is 18.3. The van der Waals surface area contributed by atoms with E-state index in [4.69, 9.17) is 5.73 Å². The van der Waals surface area contributed by atoms with Crippen LogP contribution in [-0.4, -0.2) is 37.1 Å². The van der Waals surface area contributed by atoms with Crippen LogP contribution in [0.5, 0.6) is 0 Å². The van der Waals surface area contributed by atoms with E-state index >= 15 is 0 Å². The highest BCUT2D eigenvalue weighted by Crippen LogP contribution is 2.08. The monoisotopic (exact) mass is 335 g/mol. The standard InChI is InChI=1S/C17H25N3O4/c1-10(2)14(16(22)24-4)20-17(23)19-13(15(18)21)9-12-7-5-6-11(3)8-12/h5-8,10,13-14H,9H2,1-4H3,(H2,18,21)(H2,19,20,23)/t13-,14?/m0/s1. The Morgan fingerprint density at radius 3 is 2.38 bits per heavy atom. The molecule has 0 aliphatic heterocycles. The predicted molar refractivity (Wildman–Crippen MR) is 90.2 cm³/mol. The molecule has 1 rings (SSSR count). The zero-order valence-corrected chi connectivity index (χ0v) is 14.5. The SMILES string of the molecule is COC(=O)C(NC(=O)N[C@@H](Cc1cccc(C)c1)C(N)=O)C(C)C. The number of urea groups is 1. The van der Waals surface area contributed by atoms with Crippen LogP contribution in [0.25, 0.3) is 0 Å². The van der Waals surface area contributed by atoms with Crippen molar-refractivity contribution >= 4 is 17.9 Å². The van der Waals surface area contributed by atoms with Crippen molar-refractivity contribution in [3.05, 3.63) is 35.4 Å². The van der Waals surface area contributed by atoms with Gasteiger partial charge in [0.25, 0.3) is 0 Å². The van der Waals surface area contributed by atoms with Gasteiger partial charge < -0.3 is 21.1 Å². The summed E-state index contributed by atoms with van der Waals surface area (Å²) in [5.74, 6) is -1.35. The molecule has 0 aliphatic carbocycles. The number of benzene rings is 1. The van der Waals surface area contributed by atoms with Gasteiger partial charge >= 0.3 is 12.0 Å². The maximum atomic E-state index is 12.1. The Labute approximate surface area is 141 Å². The van der Waals surface area contributed by atoms with Crippen LogP contribution in [0.3, 0.4) is 0 Å². The summed E-state index contributed by atoms with van der Waals surface area (Å²) in [5.41, 5.74) is 7.30. The van der Waals surface area contributed by atoms with Gasteiger partial charge in [-0.05, 0) is 18.4 Å². The van der Waals surface area contributed by atoms with Crippen LogP contribution < -0.4 is 16.4 Å². The number of aryl methyl sites for hydroxylation is 1. The number of hydrogen-bond acceptors (Lipinski definition) is 4. The number of methoxy groups -OCH3 is 1. The average Bonchev–Trinajstić information content (AvgIpc) is 2.51. The van der Waals surface area contributed by atoms with Gasteiger partial charge in [0.2, 0.25) is 5.91 Å². The predicted octanol–water partition coefficient (Wildman–Crippen LogP) is 0.888. The molecule has 0 aliphatic rings. The van der Waals surface area contributed by atoms with Crippen molar-refractivity contribution in [1.29, 1.82) is 0 Å². The van der Waals surface area contributed by atoms with Gasteiger partial charge in [-0.3, -0.25) is 4.79 Å². The quantitative estimate of drug-likeness (QED) is 0.643. The molecule has 3 amide bonds. The summed E-state index contributed by atoms with van der Waals surface area (Å²) in [5, 5.41) is 5.03. The zero-order valence-electron chi connectivity index (χ0n) is 14.5. The van der Waals surface area contributed by atoms with Crippen molar-refractivity contribution in [1.82, 2.24) is 10.6 Å². The minimum absolute atomic E-state index is 0.160. The lowest BCUT2D eigenvalue weighted by Gasteiger charge is -2.22. The molecule has 0 radical (unpaired) electrons. The Kier molecular flexibility index (Phi) is 7.23. The van der Waals surface area contributed by atoms with Crippen molar-refractivity contribution in [2.45, 2.75) is 39.3 Å². The summed E-state index contributed by atoms with van der Waals surface area (Å²) >= 11 is 0. The number of hydrogen-bond donors (Lipinski definition) is 3. The Morgan fingerprint density at radius 1 is 1.21 bits per heavy atom. The largest absolute Gasteiger partial charge is 0.467 e. The second-order valence-corrected chi connectivity index (χ2v) is 6.01. The van der Waals surface area contributed by atoms with E-state index < -0.39 is 30.0 Å². The van der Waals surface area contributed by atoms with Crippen molar-refractivity contribution in [3.63, 3.8) is 0 Å². The fourth-order valence-electron chi connectivity index (χ4n) is 2.26. The van der Waals surface area contributed by atoms with Crippen LogP contribution in [0.4, 0.5) is 4.79 Å². The highest BCUT2D eigenvalue weighted by atomic mass is 16.5. The average molecular weight is 335 g/mol. The second-order valence-electron chi connectivity index (χ2n) is 6.01. The van der Waals surface area contributed by atoms with Crippen molar-refractivity contribution in [2.75, 3.05) is 7.11 Å². The molecule has 24 heavy (non-hydrogen) atoms. The molecule has 0 spiro atoms. The molecule has 0 aromatic heterocycles. The molecule has 1 aromatic rings. The van der Waals surface area contributed by atoms with Crippen LogP contribution in [0.15, 0.2) is 24.3 Å². The Morgan fingerprint density at radius 2 is 1.88 bits per heavy atom. The van der Waals surface area contributed by atoms with Gasteiger partial charge in [0.1, 0.15) is 12.1 Å². The van der Waals surface area contributed by atoms with E-state index in [-0.39, 0.29) is 12.3 Å². The molecule has 0 heterocycles. The normalized spacial score (nSPS) is 13.0. The van der Waals surface area contributed by atoms with E-state index in [2.05, 4.69) is 15.4 Å². The lowest BCUT2D eigenvalue weighted by molar-refractivity contribution is -0.143. The maximum Gasteiger partial charge on any atom is 0.328 e. The number of rotatable bonds is 7. The highest BCUT2D eigenvalue weighted by molar-refractivity contribution is 5.88. The lowest BCUT2D eigenvalue weighted by Crippen LogP contribution is -2.54. The molecule has 4 N–H and O–H groups in total. The first kappa shape index (κ1) is 19.5. The molecule has 2 atom stereocenters. The number of nitrogens with one attached hydrogen (secondary N) is 2. The molecule has 132 valence electrons. The summed E-state index contributed by atoms with van der Waals surface area (Å²) < 4.78 is 4.66. The molecule has 0 saturated heterocycles. The second kappa shape index (κ2) is 8.90. The number of nitrogens with two attached hydrogens (primary N) is 1. The third-order valence-corrected chi connectivity index (χ3v) is 3.58. The number of carbonyl (C=O) groups excluding carboxylic acids is 3. The van der Waals surface area contributed by atoms with Gasteiger partial charge in [-0.2, -0.15) is 0 Å². The summed E-state index contributed by atoms with van der Waals surface area (Å²) in [7, 11) is 1.25. The van der Waals surface area contributed by atoms with Gasteiger partial charge in [-0.15, -0.1) is 0 Å². The van der Waals surface area contributed by atoms with E-state index in [0.717, 1.165) is 11.1 Å². The van der Waals surface area contributed by atoms with E-state index in [1.807, 2.05) is 31.2 Å². The number of esters is 1. The van der Waals surface area contributed by atoms with Crippen LogP contribution in [-0.2, 0) is 20.7 Å². The fraction of sp³-hybridized carbons (Fsp3) is 0.471. The molecule has 7 heteroatoms. The lowest BCUT2D eigenvalue weighted by atomic mass is 10.0. The minimum Gasteiger partial charge on any atom is -0.467 e. The smallest absolute Gasteiger partial charge is 0.328 e. The molecule has 7 nitrogen and oxygen atoms in total. The summed E-state index contributed by atoms with van der Waals surface area (Å²) in [4.78, 5) is 35.4. The Hall–Kier alpha value is -2.57. The third-order valence-electron chi connectivity index (χ3n) is 3.58. The summed E-state index contributed by atoms with van der Waals surface area (Å²) in [6, 6.07) is 5.26. The van der Waals surface area contributed by atoms with Gasteiger partial charge in [-0.25, -0.2) is 9.59 Å². The van der Waals surface area contributed by atoms with Crippen molar-refractivity contribution in [3.8, 4) is 0 Å². The van der Waals surface area contributed by atoms with E-state index in [1.165, 1.54) is 7.11 Å². The number of amides is 3. The topological polar surface area (TPSA) is 111 Å². The van der Waals surface area contributed by atoms with E-state index in [0.29, 0.717) is 0 Å². The van der Waals surface area contributed by atoms with E-state index in [1.54, 1.807) is 13.8 Å². The van der Waals surface area contributed by atoms with Crippen LogP contribution in [0.2, 0.25) is 0 Å². The first-order valence-electron chi connectivity index (χ1n) is 7.74. The number of carbonyl (C=O) groups is 3. The molecule has 1 aromatic carbocycles. The first-order valence-corrected chi connectivity index (χ1v) is 7.74. The molecular formula is C17H25N3O4. The van der Waals surface area contributed by atoms with Gasteiger partial charge in [-0.1, -0.05) is 43.7 Å². The van der Waals surface area contributed by atoms with Crippen LogP contribution in [0, 0.1) is 12.8 Å². The molecular weight excluding hydrogens is 310 g/mol. The molecule has 0 fully saturated rings. The maximum absolute atomic E-state index is 12.1. The van der Waals surface area contributed by atoms with Gasteiger partial charge in [0.15, 0.2) is 0 Å². The Balaban J connectivity index is 2.75. The summed E-state index contributed by atoms with van der Waals surface area (Å²) in [6.07, 6.45) is 0.273. The molecule has 0 bridgehead atoms. The van der Waals surface area contributed by atoms with Crippen LogP contribution >= 0.6 is 0 Å². The number of primary amides is 1. The van der Waals surface area contributed by atoms with Crippen LogP contribution in [0.1, 0.15) is 25.0 Å². The Bertz CT molecular complexity index is 601. The van der Waals surface area contributed by atoms with Crippen molar-refractivity contribution in [2.24, 2.45) is 11.7 Å². The highest BCUT2D eigenvalue weighted by Gasteiger charge is 2.26. The fourth-order valence-corrected chi connectivity index (χ4v) is 2.26. The summed E-state index contributed by atoms with van der Waals surface area (Å²) in [6.45, 7) is 5.49. The van der Waals surface area contributed by atoms with Gasteiger partial charge in [0.05, 0.1) is 7.11 Å². The molecule has 1 unspecified atom stereocenters. The van der Waals surface area contributed by atoms with E-state index in [9.17, 15) is 14.4 Å². The third kappa shape index (κ3) is 5.91. The van der Waals surface area contributed by atoms with Crippen molar-refractivity contribution < 1.29 is 19.1 Å². The van der Waals surface area contributed by atoms with Gasteiger partial charge in [0, 0.05) is 6.42 Å². The minimum atomic E-state index is -0.878. The molecule has 0 saturated carbocycles. The number of ether oxygens (including phenoxy) is 1. The first-order chi connectivity index (χ1) is 11.2.